The highest BCUT2D eigenvalue weighted by Gasteiger charge is 2.13. The molecule has 0 aromatic carbocycles. The van der Waals surface area contributed by atoms with E-state index in [2.05, 4.69) is 14.6 Å². The van der Waals surface area contributed by atoms with E-state index >= 15 is 0 Å². The Bertz CT molecular complexity index is 547. The molecule has 2 rings (SSSR count). The summed E-state index contributed by atoms with van der Waals surface area (Å²) in [6.45, 7) is 0. The number of hydrogen-bond donors (Lipinski definition) is 1. The van der Waals surface area contributed by atoms with Crippen molar-refractivity contribution in [2.75, 3.05) is 0 Å². The summed E-state index contributed by atoms with van der Waals surface area (Å²) in [6, 6.07) is 3.10. The van der Waals surface area contributed by atoms with E-state index in [1.165, 1.54) is 17.8 Å². The van der Waals surface area contributed by atoms with Gasteiger partial charge in [0.2, 0.25) is 0 Å². The highest BCUT2D eigenvalue weighted by atomic mass is 35.5. The van der Waals surface area contributed by atoms with Gasteiger partial charge in [0.05, 0.1) is 5.56 Å². The largest absolute Gasteiger partial charge is 0.478 e. The molecule has 1 N–H and O–H groups in total. The van der Waals surface area contributed by atoms with Crippen molar-refractivity contribution < 1.29 is 9.90 Å². The summed E-state index contributed by atoms with van der Waals surface area (Å²) in [4.78, 5) is 15.0. The van der Waals surface area contributed by atoms with Crippen LogP contribution in [0, 0.1) is 0 Å². The molecule has 88 valence electrons. The van der Waals surface area contributed by atoms with Gasteiger partial charge in [0, 0.05) is 23.5 Å². The molecule has 0 amide bonds. The second-order valence-corrected chi connectivity index (χ2v) is 5.26. The predicted octanol–water partition coefficient (Wildman–Crippen LogP) is 2.58. The maximum atomic E-state index is 10.9. The molecule has 0 aliphatic carbocycles. The van der Waals surface area contributed by atoms with Gasteiger partial charge in [0.25, 0.3) is 0 Å². The van der Waals surface area contributed by atoms with Crippen molar-refractivity contribution in [3.63, 3.8) is 0 Å². The molecule has 0 aliphatic heterocycles. The first-order valence-electron chi connectivity index (χ1n) is 4.46. The van der Waals surface area contributed by atoms with Crippen LogP contribution in [0.25, 0.3) is 0 Å². The second kappa shape index (κ2) is 5.44. The minimum absolute atomic E-state index is 0.178. The van der Waals surface area contributed by atoms with Gasteiger partial charge < -0.3 is 5.11 Å². The van der Waals surface area contributed by atoms with Crippen LogP contribution in [-0.2, 0) is 5.75 Å². The van der Waals surface area contributed by atoms with Gasteiger partial charge in [0.15, 0.2) is 0 Å². The quantitative estimate of drug-likeness (QED) is 0.871. The highest BCUT2D eigenvalue weighted by molar-refractivity contribution is 7.98. The fourth-order valence-electron chi connectivity index (χ4n) is 1.09. The molecule has 0 fully saturated rings. The zero-order valence-electron chi connectivity index (χ0n) is 8.33. The van der Waals surface area contributed by atoms with Crippen LogP contribution in [-0.4, -0.2) is 25.6 Å². The molecule has 8 heteroatoms. The summed E-state index contributed by atoms with van der Waals surface area (Å²) >= 11 is 8.23. The van der Waals surface area contributed by atoms with Crippen molar-refractivity contribution in [3.05, 3.63) is 33.9 Å². The Morgan fingerprint density at radius 1 is 1.59 bits per heavy atom. The zero-order chi connectivity index (χ0) is 12.3. The number of halogens is 1. The molecule has 2 aromatic heterocycles. The molecule has 0 radical (unpaired) electrons. The number of thioether (sulfide) groups is 1. The summed E-state index contributed by atoms with van der Waals surface area (Å²) in [7, 11) is 0. The lowest BCUT2D eigenvalue weighted by molar-refractivity contribution is 0.0692. The maximum Gasteiger partial charge on any atom is 0.338 e. The van der Waals surface area contributed by atoms with Crippen molar-refractivity contribution >= 4 is 40.9 Å². The van der Waals surface area contributed by atoms with Crippen LogP contribution in [0.4, 0.5) is 0 Å². The van der Waals surface area contributed by atoms with E-state index in [-0.39, 0.29) is 5.56 Å². The van der Waals surface area contributed by atoms with Gasteiger partial charge in [-0.05, 0) is 12.1 Å². The third-order valence-electron chi connectivity index (χ3n) is 1.86. The Morgan fingerprint density at radius 2 is 2.41 bits per heavy atom. The van der Waals surface area contributed by atoms with Gasteiger partial charge in [0.1, 0.15) is 15.1 Å². The smallest absolute Gasteiger partial charge is 0.338 e. The van der Waals surface area contributed by atoms with Gasteiger partial charge in [-0.3, -0.25) is 0 Å². The molecule has 17 heavy (non-hydrogen) atoms. The van der Waals surface area contributed by atoms with Crippen molar-refractivity contribution in [1.29, 1.82) is 0 Å². The van der Waals surface area contributed by atoms with Crippen LogP contribution >= 0.6 is 34.9 Å². The van der Waals surface area contributed by atoms with Crippen LogP contribution in [0.5, 0.6) is 0 Å². The maximum absolute atomic E-state index is 10.9. The molecule has 0 bridgehead atoms. The number of hydrogen-bond acceptors (Lipinski definition) is 6. The average molecular weight is 288 g/mol. The van der Waals surface area contributed by atoms with Gasteiger partial charge in [-0.25, -0.2) is 9.78 Å². The van der Waals surface area contributed by atoms with Crippen molar-refractivity contribution in [3.8, 4) is 0 Å². The van der Waals surface area contributed by atoms with Gasteiger partial charge in [-0.15, -0.1) is 5.10 Å². The number of carboxylic acid groups (broad SMARTS) is 1. The van der Waals surface area contributed by atoms with Crippen molar-refractivity contribution in [2.45, 2.75) is 10.8 Å². The molecule has 0 atom stereocenters. The molecular formula is C9H6ClN3O2S2. The fourth-order valence-corrected chi connectivity index (χ4v) is 2.81. The number of carboxylic acids is 1. The standard InChI is InChI=1S/C9H6ClN3O2S2/c10-7-6(12-13-17-7)4-16-8-5(9(14)15)2-1-3-11-8/h1-3H,4H2,(H,14,15). The van der Waals surface area contributed by atoms with E-state index in [1.54, 1.807) is 12.3 Å². The fraction of sp³-hybridized carbons (Fsp3) is 0.111. The van der Waals surface area contributed by atoms with Crippen molar-refractivity contribution in [1.82, 2.24) is 14.6 Å². The Hall–Kier alpha value is -1.18. The molecule has 2 heterocycles. The summed E-state index contributed by atoms with van der Waals surface area (Å²) in [6.07, 6.45) is 1.55. The molecule has 0 saturated heterocycles. The molecule has 0 saturated carbocycles. The molecular weight excluding hydrogens is 282 g/mol. The first-order chi connectivity index (χ1) is 8.18. The zero-order valence-corrected chi connectivity index (χ0v) is 10.7. The topological polar surface area (TPSA) is 76.0 Å². The normalized spacial score (nSPS) is 10.4. The lowest BCUT2D eigenvalue weighted by atomic mass is 10.3. The Kier molecular flexibility index (Phi) is 3.93. The monoisotopic (exact) mass is 287 g/mol. The van der Waals surface area contributed by atoms with Crippen molar-refractivity contribution in [2.24, 2.45) is 0 Å². The number of rotatable bonds is 4. The highest BCUT2D eigenvalue weighted by Crippen LogP contribution is 2.27. The number of pyridine rings is 1. The van der Waals surface area contributed by atoms with Crippen LogP contribution in [0.3, 0.4) is 0 Å². The van der Waals surface area contributed by atoms with Gasteiger partial charge in [-0.2, -0.15) is 0 Å². The number of carbonyl (C=O) groups is 1. The minimum Gasteiger partial charge on any atom is -0.478 e. The number of aromatic carboxylic acids is 1. The van der Waals surface area contributed by atoms with Crippen LogP contribution in [0.1, 0.15) is 16.1 Å². The van der Waals surface area contributed by atoms with Crippen LogP contribution in [0.15, 0.2) is 23.4 Å². The van der Waals surface area contributed by atoms with Crippen LogP contribution < -0.4 is 0 Å². The van der Waals surface area contributed by atoms with E-state index in [1.807, 2.05) is 0 Å². The lowest BCUT2D eigenvalue weighted by Gasteiger charge is -2.02. The summed E-state index contributed by atoms with van der Waals surface area (Å²) < 4.78 is 4.22. The average Bonchev–Trinajstić information content (AvgIpc) is 2.72. The van der Waals surface area contributed by atoms with E-state index in [4.69, 9.17) is 16.7 Å². The first kappa shape index (κ1) is 12.3. The number of nitrogens with zero attached hydrogens (tertiary/aromatic N) is 3. The summed E-state index contributed by atoms with van der Waals surface area (Å²) in [5, 5.41) is 13.3. The molecule has 5 nitrogen and oxygen atoms in total. The Balaban J connectivity index is 2.14. The van der Waals surface area contributed by atoms with Gasteiger partial charge in [-0.1, -0.05) is 27.9 Å². The van der Waals surface area contributed by atoms with E-state index in [0.29, 0.717) is 20.8 Å². The van der Waals surface area contributed by atoms with E-state index < -0.39 is 5.97 Å². The molecule has 0 spiro atoms. The summed E-state index contributed by atoms with van der Waals surface area (Å²) in [5.41, 5.74) is 0.820. The Morgan fingerprint density at radius 3 is 3.06 bits per heavy atom. The van der Waals surface area contributed by atoms with E-state index in [0.717, 1.165) is 11.5 Å². The van der Waals surface area contributed by atoms with Crippen LogP contribution in [0.2, 0.25) is 4.34 Å². The lowest BCUT2D eigenvalue weighted by Crippen LogP contribution is -2.00. The minimum atomic E-state index is -0.997. The third kappa shape index (κ3) is 2.93. The number of aromatic nitrogens is 3. The van der Waals surface area contributed by atoms with Gasteiger partial charge >= 0.3 is 5.97 Å². The Labute approximate surface area is 110 Å². The molecule has 2 aromatic rings. The molecule has 0 aliphatic rings. The van der Waals surface area contributed by atoms with E-state index in [9.17, 15) is 4.79 Å². The second-order valence-electron chi connectivity index (χ2n) is 2.94. The third-order valence-corrected chi connectivity index (χ3v) is 3.86. The first-order valence-corrected chi connectivity index (χ1v) is 6.60. The molecule has 0 unspecified atom stereocenters. The summed E-state index contributed by atoms with van der Waals surface area (Å²) in [5.74, 6) is -0.546. The predicted molar refractivity (Wildman–Crippen MR) is 65.7 cm³/mol. The SMILES string of the molecule is O=C(O)c1cccnc1SCc1nnsc1Cl.